The summed E-state index contributed by atoms with van der Waals surface area (Å²) in [4.78, 5) is 38.1. The number of carbonyl (C=O) groups is 3. The van der Waals surface area contributed by atoms with Crippen LogP contribution in [-0.4, -0.2) is 37.2 Å². The van der Waals surface area contributed by atoms with Crippen LogP contribution in [0.3, 0.4) is 0 Å². The first kappa shape index (κ1) is 64.3. The fraction of sp³-hybridized carbons (Fsp3) is 0.571. The Balaban J connectivity index is 4.52. The van der Waals surface area contributed by atoms with Gasteiger partial charge in [-0.25, -0.2) is 0 Å². The fourth-order valence-electron chi connectivity index (χ4n) is 6.87. The molecule has 0 bridgehead atoms. The second kappa shape index (κ2) is 55.9. The Labute approximate surface area is 423 Å². The predicted octanol–water partition coefficient (Wildman–Crippen LogP) is 18.4. The molecule has 6 nitrogen and oxygen atoms in total. The van der Waals surface area contributed by atoms with Crippen LogP contribution >= 0.6 is 0 Å². The van der Waals surface area contributed by atoms with Crippen molar-refractivity contribution in [3.8, 4) is 0 Å². The molecule has 0 spiro atoms. The Morgan fingerprint density at radius 2 is 0.594 bits per heavy atom. The van der Waals surface area contributed by atoms with Crippen LogP contribution in [0.2, 0.25) is 0 Å². The van der Waals surface area contributed by atoms with Gasteiger partial charge in [0.25, 0.3) is 0 Å². The van der Waals surface area contributed by atoms with Gasteiger partial charge in [-0.1, -0.05) is 218 Å². The van der Waals surface area contributed by atoms with Gasteiger partial charge in [-0.3, -0.25) is 14.4 Å². The molecule has 0 aliphatic heterocycles. The van der Waals surface area contributed by atoms with Crippen LogP contribution in [0.5, 0.6) is 0 Å². The van der Waals surface area contributed by atoms with Crippen molar-refractivity contribution in [1.82, 2.24) is 0 Å². The molecule has 0 aromatic heterocycles. The minimum absolute atomic E-state index is 0.112. The highest BCUT2D eigenvalue weighted by Gasteiger charge is 2.19. The van der Waals surface area contributed by atoms with Crippen LogP contribution in [0, 0.1) is 0 Å². The van der Waals surface area contributed by atoms with Crippen LogP contribution in [0.4, 0.5) is 0 Å². The van der Waals surface area contributed by atoms with Gasteiger partial charge in [0.05, 0.1) is 0 Å². The van der Waals surface area contributed by atoms with Gasteiger partial charge in [-0.05, 0) is 122 Å². The number of ether oxygens (including phenoxy) is 3. The summed E-state index contributed by atoms with van der Waals surface area (Å²) in [6.07, 6.45) is 79.7. The summed E-state index contributed by atoms with van der Waals surface area (Å²) in [6.45, 7) is 6.20. The fourth-order valence-corrected chi connectivity index (χ4v) is 6.87. The summed E-state index contributed by atoms with van der Waals surface area (Å²) in [5, 5.41) is 0. The zero-order valence-electron chi connectivity index (χ0n) is 44.0. The second-order valence-corrected chi connectivity index (χ2v) is 17.4. The van der Waals surface area contributed by atoms with Crippen molar-refractivity contribution in [2.45, 2.75) is 219 Å². The SMILES string of the molecule is CC/C=C/C=C/C=C/CCCCCCCC(=O)OCC(COC(=O)CCCCC/C=C/C/C=C/C/C=C/C/C=C/C/C=C/CC)OC(=O)CCCCCCCC/C=C/C/C=C/C/C=C/C/C=C/CC. The number of hydrogen-bond donors (Lipinski definition) is 0. The van der Waals surface area contributed by atoms with Crippen molar-refractivity contribution < 1.29 is 28.6 Å². The molecule has 0 saturated carbocycles. The maximum atomic E-state index is 12.8. The van der Waals surface area contributed by atoms with Crippen LogP contribution in [-0.2, 0) is 28.6 Å². The third kappa shape index (κ3) is 54.1. The molecule has 6 heteroatoms. The first-order chi connectivity index (χ1) is 34.0. The second-order valence-electron chi connectivity index (χ2n) is 17.4. The molecule has 0 radical (unpaired) electrons. The monoisotopic (exact) mass is 951 g/mol. The van der Waals surface area contributed by atoms with E-state index in [1.165, 1.54) is 12.8 Å². The molecule has 0 saturated heterocycles. The molecule has 1 unspecified atom stereocenters. The summed E-state index contributed by atoms with van der Waals surface area (Å²) in [7, 11) is 0. The van der Waals surface area contributed by atoms with E-state index in [4.69, 9.17) is 14.2 Å². The van der Waals surface area contributed by atoms with Crippen molar-refractivity contribution in [2.24, 2.45) is 0 Å². The summed E-state index contributed by atoms with van der Waals surface area (Å²) in [5.41, 5.74) is 0. The van der Waals surface area contributed by atoms with Crippen molar-refractivity contribution >= 4 is 17.9 Å². The van der Waals surface area contributed by atoms with E-state index in [9.17, 15) is 14.4 Å². The zero-order chi connectivity index (χ0) is 50.0. The van der Waals surface area contributed by atoms with Crippen LogP contribution in [0.25, 0.3) is 0 Å². The lowest BCUT2D eigenvalue weighted by Gasteiger charge is -2.18. The van der Waals surface area contributed by atoms with Crippen LogP contribution < -0.4 is 0 Å². The number of hydrogen-bond acceptors (Lipinski definition) is 6. The van der Waals surface area contributed by atoms with Gasteiger partial charge in [0, 0.05) is 19.3 Å². The highest BCUT2D eigenvalue weighted by atomic mass is 16.6. The van der Waals surface area contributed by atoms with E-state index in [1.54, 1.807) is 0 Å². The molecule has 69 heavy (non-hydrogen) atoms. The minimum atomic E-state index is -0.815. The van der Waals surface area contributed by atoms with Crippen molar-refractivity contribution in [3.63, 3.8) is 0 Å². The topological polar surface area (TPSA) is 78.9 Å². The average Bonchev–Trinajstić information content (AvgIpc) is 3.35. The summed E-state index contributed by atoms with van der Waals surface area (Å²) in [6, 6.07) is 0. The molecule has 0 aliphatic carbocycles. The largest absolute Gasteiger partial charge is 0.462 e. The smallest absolute Gasteiger partial charge is 0.306 e. The van der Waals surface area contributed by atoms with Crippen molar-refractivity contribution in [1.29, 1.82) is 0 Å². The Morgan fingerprint density at radius 1 is 0.304 bits per heavy atom. The van der Waals surface area contributed by atoms with E-state index in [-0.39, 0.29) is 31.1 Å². The zero-order valence-corrected chi connectivity index (χ0v) is 44.0. The van der Waals surface area contributed by atoms with Crippen molar-refractivity contribution in [3.05, 3.63) is 146 Å². The number of rotatable bonds is 47. The Bertz CT molecular complexity index is 1560. The lowest BCUT2D eigenvalue weighted by molar-refractivity contribution is -0.167. The number of unbranched alkanes of at least 4 members (excludes halogenated alkanes) is 14. The molecule has 1 atom stereocenters. The normalized spacial score (nSPS) is 13.3. The number of carbonyl (C=O) groups excluding carboxylic acids is 3. The molecule has 0 rings (SSSR count). The molecule has 0 heterocycles. The molecule has 0 fully saturated rings. The van der Waals surface area contributed by atoms with Gasteiger partial charge >= 0.3 is 17.9 Å². The lowest BCUT2D eigenvalue weighted by atomic mass is 10.1. The third-order valence-corrected chi connectivity index (χ3v) is 10.9. The molecular weight excluding hydrogens is 853 g/mol. The standard InChI is InChI=1S/C63H98O6/c1-4-7-10-13-16-19-22-25-27-29-31-33-35-38-41-44-47-50-53-56-62(65)68-59-60(58-67-61(64)55-52-49-46-43-40-37-24-21-18-15-12-9-6-3)69-63(66)57-54-51-48-45-42-39-36-34-32-30-28-26-23-20-17-14-11-8-5-2/h7-12,15-21,24-28,31-34,38,41,60H,4-6,13-14,22-23,29-30,35-37,39-40,42-59H2,1-3H3/b10-7+,11-8+,12-9+,18-15+,19-16+,20-17+,24-21+,27-25+,28-26+,33-31+,34-32+,41-38+. The molecule has 0 aromatic carbocycles. The van der Waals surface area contributed by atoms with Gasteiger partial charge in [0.2, 0.25) is 0 Å². The Kier molecular flexibility index (Phi) is 52.1. The first-order valence-corrected chi connectivity index (χ1v) is 27.4. The van der Waals surface area contributed by atoms with Crippen LogP contribution in [0.1, 0.15) is 213 Å². The molecule has 386 valence electrons. The molecule has 0 amide bonds. The first-order valence-electron chi connectivity index (χ1n) is 27.4. The quantitative estimate of drug-likeness (QED) is 0.0199. The van der Waals surface area contributed by atoms with E-state index in [0.717, 1.165) is 161 Å². The maximum Gasteiger partial charge on any atom is 0.306 e. The lowest BCUT2D eigenvalue weighted by Crippen LogP contribution is -2.30. The van der Waals surface area contributed by atoms with Crippen molar-refractivity contribution in [2.75, 3.05) is 13.2 Å². The summed E-state index contributed by atoms with van der Waals surface area (Å²) < 4.78 is 16.8. The van der Waals surface area contributed by atoms with E-state index in [2.05, 4.69) is 167 Å². The number of esters is 3. The van der Waals surface area contributed by atoms with E-state index >= 15 is 0 Å². The van der Waals surface area contributed by atoms with E-state index in [0.29, 0.717) is 19.3 Å². The highest BCUT2D eigenvalue weighted by Crippen LogP contribution is 2.13. The van der Waals surface area contributed by atoms with E-state index in [1.807, 2.05) is 0 Å². The van der Waals surface area contributed by atoms with Gasteiger partial charge in [-0.15, -0.1) is 0 Å². The van der Waals surface area contributed by atoms with Crippen LogP contribution in [0.15, 0.2) is 146 Å². The Hall–Kier alpha value is -4.71. The van der Waals surface area contributed by atoms with E-state index < -0.39 is 6.10 Å². The highest BCUT2D eigenvalue weighted by molar-refractivity contribution is 5.71. The minimum Gasteiger partial charge on any atom is -0.462 e. The third-order valence-electron chi connectivity index (χ3n) is 10.9. The van der Waals surface area contributed by atoms with Gasteiger partial charge in [-0.2, -0.15) is 0 Å². The molecule has 0 aromatic rings. The van der Waals surface area contributed by atoms with Gasteiger partial charge in [0.1, 0.15) is 13.2 Å². The maximum absolute atomic E-state index is 12.8. The van der Waals surface area contributed by atoms with Gasteiger partial charge < -0.3 is 14.2 Å². The molecular formula is C63H98O6. The molecule has 0 N–H and O–H groups in total. The molecule has 0 aliphatic rings. The van der Waals surface area contributed by atoms with Gasteiger partial charge in [0.15, 0.2) is 6.10 Å². The Morgan fingerprint density at radius 3 is 0.986 bits per heavy atom. The predicted molar refractivity (Wildman–Crippen MR) is 297 cm³/mol. The summed E-state index contributed by atoms with van der Waals surface area (Å²) >= 11 is 0. The average molecular weight is 951 g/mol. The number of allylic oxidation sites excluding steroid dienone is 24. The summed E-state index contributed by atoms with van der Waals surface area (Å²) in [5.74, 6) is -0.986.